The molecular weight excluding hydrogens is 445 g/mol. The number of amides is 1. The average molecular weight is 464 g/mol. The van der Waals surface area contributed by atoms with E-state index in [0.29, 0.717) is 16.6 Å². The molecular formula is C22H19F3N2O4S. The minimum atomic E-state index is -4.60. The van der Waals surface area contributed by atoms with Crippen molar-refractivity contribution in [3.8, 4) is 5.75 Å². The molecule has 168 valence electrons. The van der Waals surface area contributed by atoms with E-state index >= 15 is 0 Å². The number of aromatic nitrogens is 1. The van der Waals surface area contributed by atoms with E-state index in [2.05, 4.69) is 4.98 Å². The first-order valence-corrected chi connectivity index (χ1v) is 11.2. The van der Waals surface area contributed by atoms with Gasteiger partial charge in [0.2, 0.25) is 5.91 Å². The third-order valence-corrected chi connectivity index (χ3v) is 6.95. The van der Waals surface area contributed by atoms with Gasteiger partial charge in [-0.1, -0.05) is 6.07 Å². The number of pyridine rings is 1. The van der Waals surface area contributed by atoms with Crippen LogP contribution in [0.4, 0.5) is 13.2 Å². The number of fused-ring (bicyclic) bond motifs is 2. The van der Waals surface area contributed by atoms with Crippen LogP contribution in [0.1, 0.15) is 34.7 Å². The van der Waals surface area contributed by atoms with Crippen LogP contribution in [0.5, 0.6) is 5.75 Å². The summed E-state index contributed by atoms with van der Waals surface area (Å²) < 4.78 is 73.6. The molecule has 0 saturated carbocycles. The molecule has 1 aliphatic carbocycles. The largest absolute Gasteiger partial charge is 0.496 e. The first-order chi connectivity index (χ1) is 15.0. The fraction of sp³-hybridized carbons (Fsp3) is 0.273. The van der Waals surface area contributed by atoms with Crippen LogP contribution in [0.2, 0.25) is 0 Å². The van der Waals surface area contributed by atoms with Gasteiger partial charge in [0.1, 0.15) is 5.75 Å². The Morgan fingerprint density at radius 1 is 1.16 bits per heavy atom. The third-order valence-electron chi connectivity index (χ3n) is 5.55. The summed E-state index contributed by atoms with van der Waals surface area (Å²) in [7, 11) is -3.01. The Morgan fingerprint density at radius 2 is 1.91 bits per heavy atom. The second-order valence-electron chi connectivity index (χ2n) is 7.54. The lowest BCUT2D eigenvalue weighted by molar-refractivity contribution is -0.138. The highest BCUT2D eigenvalue weighted by Gasteiger charge is 2.41. The molecule has 0 bridgehead atoms. The average Bonchev–Trinajstić information content (AvgIpc) is 3.16. The lowest BCUT2D eigenvalue weighted by Crippen LogP contribution is -2.34. The molecule has 1 N–H and O–H groups in total. The van der Waals surface area contributed by atoms with Gasteiger partial charge in [-0.15, -0.1) is 0 Å². The zero-order valence-corrected chi connectivity index (χ0v) is 18.0. The molecule has 1 atom stereocenters. The molecule has 1 aromatic heterocycles. The van der Waals surface area contributed by atoms with Crippen molar-refractivity contribution in [1.82, 2.24) is 9.71 Å². The predicted molar refractivity (Wildman–Crippen MR) is 111 cm³/mol. The van der Waals surface area contributed by atoms with Crippen LogP contribution in [0.3, 0.4) is 0 Å². The van der Waals surface area contributed by atoms with Gasteiger partial charge in [-0.05, 0) is 61.7 Å². The highest BCUT2D eigenvalue weighted by Crippen LogP contribution is 2.45. The summed E-state index contributed by atoms with van der Waals surface area (Å²) >= 11 is 0. The van der Waals surface area contributed by atoms with E-state index in [1.54, 1.807) is 25.1 Å². The lowest BCUT2D eigenvalue weighted by atomic mass is 9.96. The Hall–Kier alpha value is -3.14. The van der Waals surface area contributed by atoms with Crippen molar-refractivity contribution >= 4 is 26.8 Å². The standard InChI is InChI=1S/C22H19F3N2O4S/c1-12-6-7-14-17(26-12)4-3-5-19(14)32(29,30)27-21(28)15-9-8-13-16(22(23,24)25)10-11-18(31-2)20(13)15/h3-7,10-11,15H,8-9H2,1-2H3,(H,27,28)/t15-/m0/s1. The summed E-state index contributed by atoms with van der Waals surface area (Å²) in [6.07, 6.45) is -4.57. The molecule has 1 aliphatic rings. The molecule has 0 saturated heterocycles. The van der Waals surface area contributed by atoms with Crippen LogP contribution in [0.25, 0.3) is 10.9 Å². The van der Waals surface area contributed by atoms with Crippen molar-refractivity contribution < 1.29 is 31.1 Å². The number of aryl methyl sites for hydroxylation is 1. The van der Waals surface area contributed by atoms with Crippen LogP contribution < -0.4 is 9.46 Å². The molecule has 0 spiro atoms. The minimum Gasteiger partial charge on any atom is -0.496 e. The van der Waals surface area contributed by atoms with Crippen LogP contribution in [-0.2, 0) is 27.4 Å². The summed E-state index contributed by atoms with van der Waals surface area (Å²) in [6, 6.07) is 9.83. The summed E-state index contributed by atoms with van der Waals surface area (Å²) in [5.41, 5.74) is 0.334. The maximum absolute atomic E-state index is 13.4. The zero-order chi connectivity index (χ0) is 23.3. The quantitative estimate of drug-likeness (QED) is 0.628. The van der Waals surface area contributed by atoms with E-state index in [4.69, 9.17) is 4.74 Å². The molecule has 0 radical (unpaired) electrons. The van der Waals surface area contributed by atoms with Gasteiger partial charge < -0.3 is 4.74 Å². The topological polar surface area (TPSA) is 85.4 Å². The number of benzene rings is 2. The fourth-order valence-corrected chi connectivity index (χ4v) is 5.39. The van der Waals surface area contributed by atoms with E-state index in [0.717, 1.165) is 12.1 Å². The molecule has 0 unspecified atom stereocenters. The zero-order valence-electron chi connectivity index (χ0n) is 17.2. The van der Waals surface area contributed by atoms with Crippen molar-refractivity contribution in [2.75, 3.05) is 7.11 Å². The molecule has 4 rings (SSSR count). The lowest BCUT2D eigenvalue weighted by Gasteiger charge is -2.18. The van der Waals surface area contributed by atoms with Crippen molar-refractivity contribution in [3.05, 3.63) is 64.8 Å². The highest BCUT2D eigenvalue weighted by atomic mass is 32.2. The van der Waals surface area contributed by atoms with E-state index in [1.165, 1.54) is 19.2 Å². The Labute approximate surface area is 182 Å². The number of methoxy groups -OCH3 is 1. The van der Waals surface area contributed by atoms with Crippen molar-refractivity contribution in [1.29, 1.82) is 0 Å². The number of hydrogen-bond donors (Lipinski definition) is 1. The van der Waals surface area contributed by atoms with Gasteiger partial charge in [-0.2, -0.15) is 13.2 Å². The van der Waals surface area contributed by atoms with Crippen molar-refractivity contribution in [2.45, 2.75) is 36.8 Å². The van der Waals surface area contributed by atoms with Gasteiger partial charge in [0, 0.05) is 16.6 Å². The number of sulfonamides is 1. The van der Waals surface area contributed by atoms with E-state index in [1.807, 2.05) is 4.72 Å². The Bertz CT molecular complexity index is 1340. The smallest absolute Gasteiger partial charge is 0.416 e. The highest BCUT2D eigenvalue weighted by molar-refractivity contribution is 7.90. The summed E-state index contributed by atoms with van der Waals surface area (Å²) in [5, 5.41) is 0.335. The van der Waals surface area contributed by atoms with Gasteiger partial charge in [-0.3, -0.25) is 9.78 Å². The maximum atomic E-state index is 13.4. The Kier molecular flexibility index (Phi) is 5.36. The maximum Gasteiger partial charge on any atom is 0.416 e. The van der Waals surface area contributed by atoms with Crippen LogP contribution in [-0.4, -0.2) is 26.4 Å². The van der Waals surface area contributed by atoms with Gasteiger partial charge in [0.25, 0.3) is 10.0 Å². The number of nitrogens with zero attached hydrogens (tertiary/aromatic N) is 1. The number of carbonyl (C=O) groups is 1. The molecule has 32 heavy (non-hydrogen) atoms. The first kappa shape index (κ1) is 22.1. The van der Waals surface area contributed by atoms with Crippen molar-refractivity contribution in [2.24, 2.45) is 0 Å². The number of alkyl halides is 3. The van der Waals surface area contributed by atoms with Gasteiger partial charge in [-0.25, -0.2) is 13.1 Å². The van der Waals surface area contributed by atoms with Gasteiger partial charge >= 0.3 is 6.18 Å². The molecule has 6 nitrogen and oxygen atoms in total. The van der Waals surface area contributed by atoms with Gasteiger partial charge in [0.05, 0.1) is 29.0 Å². The SMILES string of the molecule is COc1ccc(C(F)(F)F)c2c1[C@@H](C(=O)NS(=O)(=O)c1cccc3nc(C)ccc13)CC2. The van der Waals surface area contributed by atoms with E-state index in [9.17, 15) is 26.4 Å². The minimum absolute atomic E-state index is 0.0169. The Balaban J connectivity index is 1.71. The first-order valence-electron chi connectivity index (χ1n) is 9.73. The predicted octanol–water partition coefficient (Wildman–Crippen LogP) is 4.11. The molecule has 0 aliphatic heterocycles. The van der Waals surface area contributed by atoms with Crippen molar-refractivity contribution in [3.63, 3.8) is 0 Å². The third kappa shape index (κ3) is 3.79. The number of carbonyl (C=O) groups excluding carboxylic acids is 1. The van der Waals surface area contributed by atoms with Gasteiger partial charge in [0.15, 0.2) is 0 Å². The molecule has 2 aromatic carbocycles. The van der Waals surface area contributed by atoms with Crippen LogP contribution in [0.15, 0.2) is 47.4 Å². The normalized spacial score (nSPS) is 16.1. The Morgan fingerprint density at radius 3 is 2.59 bits per heavy atom. The summed E-state index contributed by atoms with van der Waals surface area (Å²) in [4.78, 5) is 17.1. The van der Waals surface area contributed by atoms with E-state index in [-0.39, 0.29) is 34.6 Å². The second kappa shape index (κ2) is 7.77. The number of nitrogens with one attached hydrogen (secondary N) is 1. The summed E-state index contributed by atoms with van der Waals surface area (Å²) in [5.74, 6) is -1.88. The number of ether oxygens (including phenoxy) is 1. The molecule has 10 heteroatoms. The number of halogens is 3. The summed E-state index contributed by atoms with van der Waals surface area (Å²) in [6.45, 7) is 1.77. The molecule has 3 aromatic rings. The molecule has 1 heterocycles. The van der Waals surface area contributed by atoms with Crippen LogP contribution in [0, 0.1) is 6.92 Å². The number of rotatable bonds is 4. The second-order valence-corrected chi connectivity index (χ2v) is 9.19. The molecule has 1 amide bonds. The number of hydrogen-bond acceptors (Lipinski definition) is 5. The van der Waals surface area contributed by atoms with Crippen LogP contribution >= 0.6 is 0 Å². The monoisotopic (exact) mass is 464 g/mol. The van der Waals surface area contributed by atoms with E-state index < -0.39 is 33.6 Å². The molecule has 0 fully saturated rings. The fourth-order valence-electron chi connectivity index (χ4n) is 4.15.